The third-order valence-corrected chi connectivity index (χ3v) is 8.03. The van der Waals surface area contributed by atoms with E-state index < -0.39 is 0 Å². The summed E-state index contributed by atoms with van der Waals surface area (Å²) < 4.78 is 0. The van der Waals surface area contributed by atoms with Crippen LogP contribution in [-0.4, -0.2) is 40.5 Å². The molecular formula is C29H31N3O2S. The molecule has 2 saturated heterocycles. The summed E-state index contributed by atoms with van der Waals surface area (Å²) in [4.78, 5) is 29.8. The minimum atomic E-state index is -0.0798. The smallest absolute Gasteiger partial charge is 0.251 e. The molecule has 0 bridgehead atoms. The van der Waals surface area contributed by atoms with Crippen LogP contribution in [0.5, 0.6) is 0 Å². The number of thioether (sulfide) groups is 1. The van der Waals surface area contributed by atoms with E-state index in [4.69, 9.17) is 0 Å². The van der Waals surface area contributed by atoms with Gasteiger partial charge in [-0.1, -0.05) is 66.7 Å². The van der Waals surface area contributed by atoms with Gasteiger partial charge in [0.15, 0.2) is 0 Å². The Balaban J connectivity index is 1.21. The summed E-state index contributed by atoms with van der Waals surface area (Å²) in [6.45, 7) is 4.36. The summed E-state index contributed by atoms with van der Waals surface area (Å²) in [7, 11) is 0. The van der Waals surface area contributed by atoms with Gasteiger partial charge in [0.2, 0.25) is 5.91 Å². The lowest BCUT2D eigenvalue weighted by Crippen LogP contribution is -2.28. The molecular weight excluding hydrogens is 454 g/mol. The number of likely N-dealkylation sites (tertiary alicyclic amines) is 1. The third kappa shape index (κ3) is 5.77. The van der Waals surface area contributed by atoms with E-state index in [1.165, 1.54) is 24.0 Å². The van der Waals surface area contributed by atoms with Gasteiger partial charge in [-0.05, 0) is 60.3 Å². The van der Waals surface area contributed by atoms with Crippen molar-refractivity contribution < 1.29 is 9.59 Å². The summed E-state index contributed by atoms with van der Waals surface area (Å²) in [6, 6.07) is 26.1. The maximum atomic E-state index is 12.9. The lowest BCUT2D eigenvalue weighted by molar-refractivity contribution is -0.128. The summed E-state index contributed by atoms with van der Waals surface area (Å²) in [5.74, 6) is 0.554. The summed E-state index contributed by atoms with van der Waals surface area (Å²) in [5.41, 5.74) is 5.25. The highest BCUT2D eigenvalue weighted by Crippen LogP contribution is 2.39. The molecule has 0 aromatic heterocycles. The van der Waals surface area contributed by atoms with Crippen LogP contribution < -0.4 is 5.32 Å². The second kappa shape index (κ2) is 11.1. The molecule has 3 aromatic rings. The number of amides is 2. The van der Waals surface area contributed by atoms with Crippen LogP contribution >= 0.6 is 11.8 Å². The summed E-state index contributed by atoms with van der Waals surface area (Å²) in [6.07, 6.45) is 2.54. The van der Waals surface area contributed by atoms with Gasteiger partial charge in [0.05, 0.1) is 5.75 Å². The van der Waals surface area contributed by atoms with Crippen molar-refractivity contribution >= 4 is 23.6 Å². The molecule has 0 unspecified atom stereocenters. The molecule has 35 heavy (non-hydrogen) atoms. The molecule has 180 valence electrons. The Kier molecular flexibility index (Phi) is 7.50. The zero-order valence-corrected chi connectivity index (χ0v) is 20.7. The van der Waals surface area contributed by atoms with Crippen LogP contribution in [0, 0.1) is 0 Å². The first-order chi connectivity index (χ1) is 17.2. The maximum Gasteiger partial charge on any atom is 0.251 e. The van der Waals surface area contributed by atoms with Crippen molar-refractivity contribution in [3.63, 3.8) is 0 Å². The summed E-state index contributed by atoms with van der Waals surface area (Å²) >= 11 is 1.64. The molecule has 0 spiro atoms. The topological polar surface area (TPSA) is 52.7 Å². The van der Waals surface area contributed by atoms with Crippen molar-refractivity contribution in [2.45, 2.75) is 37.8 Å². The minimum absolute atomic E-state index is 0.0303. The number of nitrogens with one attached hydrogen (secondary N) is 1. The standard InChI is InChI=1S/C29H31N3O2S/c33-27-21-35-29(32(27)19-22-8-2-1-3-9-22)24-14-12-23(13-15-24)28(34)30-18-25-10-4-5-11-26(25)20-31-16-6-7-17-31/h1-5,8-15,29H,6-7,16-21H2,(H,30,34)/t29-/m1/s1. The van der Waals surface area contributed by atoms with Crippen molar-refractivity contribution in [2.75, 3.05) is 18.8 Å². The van der Waals surface area contributed by atoms with Crippen molar-refractivity contribution in [2.24, 2.45) is 0 Å². The molecule has 0 saturated carbocycles. The highest BCUT2D eigenvalue weighted by molar-refractivity contribution is 8.00. The van der Waals surface area contributed by atoms with Gasteiger partial charge in [0, 0.05) is 25.2 Å². The Morgan fingerprint density at radius 3 is 2.29 bits per heavy atom. The van der Waals surface area contributed by atoms with Crippen LogP contribution in [0.25, 0.3) is 0 Å². The quantitative estimate of drug-likeness (QED) is 0.489. The van der Waals surface area contributed by atoms with E-state index in [1.807, 2.05) is 65.6 Å². The third-order valence-electron chi connectivity index (χ3n) is 6.77. The lowest BCUT2D eigenvalue weighted by Gasteiger charge is -2.24. The molecule has 0 aliphatic carbocycles. The van der Waals surface area contributed by atoms with Crippen LogP contribution in [0.3, 0.4) is 0 Å². The second-order valence-electron chi connectivity index (χ2n) is 9.23. The van der Waals surface area contributed by atoms with E-state index >= 15 is 0 Å². The van der Waals surface area contributed by atoms with Gasteiger partial charge in [0.25, 0.3) is 5.91 Å². The number of carbonyl (C=O) groups excluding carboxylic acids is 2. The molecule has 0 radical (unpaired) electrons. The first kappa shape index (κ1) is 23.6. The Labute approximate surface area is 211 Å². The predicted octanol–water partition coefficient (Wildman–Crippen LogP) is 4.99. The molecule has 2 aliphatic rings. The fourth-order valence-corrected chi connectivity index (χ4v) is 6.01. The average Bonchev–Trinajstić information content (AvgIpc) is 3.54. The lowest BCUT2D eigenvalue weighted by atomic mass is 10.1. The number of hydrogen-bond donors (Lipinski definition) is 1. The molecule has 1 N–H and O–H groups in total. The Morgan fingerprint density at radius 2 is 1.54 bits per heavy atom. The van der Waals surface area contributed by atoms with Crippen molar-refractivity contribution in [3.8, 4) is 0 Å². The highest BCUT2D eigenvalue weighted by atomic mass is 32.2. The number of benzene rings is 3. The van der Waals surface area contributed by atoms with E-state index in [0.717, 1.165) is 30.8 Å². The van der Waals surface area contributed by atoms with Crippen molar-refractivity contribution in [1.29, 1.82) is 0 Å². The van der Waals surface area contributed by atoms with Gasteiger partial charge in [-0.25, -0.2) is 0 Å². The maximum absolute atomic E-state index is 12.9. The fourth-order valence-electron chi connectivity index (χ4n) is 4.82. The van der Waals surface area contributed by atoms with Gasteiger partial charge >= 0.3 is 0 Å². The Hall–Kier alpha value is -3.09. The van der Waals surface area contributed by atoms with Crippen LogP contribution in [-0.2, 0) is 24.4 Å². The van der Waals surface area contributed by atoms with Gasteiger partial charge in [-0.2, -0.15) is 0 Å². The van der Waals surface area contributed by atoms with Gasteiger partial charge < -0.3 is 10.2 Å². The van der Waals surface area contributed by atoms with E-state index in [0.29, 0.717) is 24.4 Å². The normalized spacial score (nSPS) is 18.2. The molecule has 2 amide bonds. The molecule has 3 aromatic carbocycles. The largest absolute Gasteiger partial charge is 0.348 e. The van der Waals surface area contributed by atoms with E-state index in [2.05, 4.69) is 28.4 Å². The molecule has 2 heterocycles. The van der Waals surface area contributed by atoms with E-state index in [9.17, 15) is 9.59 Å². The van der Waals surface area contributed by atoms with E-state index in [-0.39, 0.29) is 17.2 Å². The van der Waals surface area contributed by atoms with Crippen LogP contribution in [0.1, 0.15) is 50.8 Å². The fraction of sp³-hybridized carbons (Fsp3) is 0.310. The first-order valence-corrected chi connectivity index (χ1v) is 13.3. The zero-order valence-electron chi connectivity index (χ0n) is 19.9. The SMILES string of the molecule is O=C(NCc1ccccc1CN1CCCC1)c1ccc([C@H]2SCC(=O)N2Cc2ccccc2)cc1. The number of hydrogen-bond acceptors (Lipinski definition) is 4. The van der Waals surface area contributed by atoms with Gasteiger partial charge in [0.1, 0.15) is 5.37 Å². The van der Waals surface area contributed by atoms with E-state index in [1.54, 1.807) is 11.8 Å². The molecule has 5 nitrogen and oxygen atoms in total. The van der Waals surface area contributed by atoms with Gasteiger partial charge in [-0.15, -0.1) is 11.8 Å². The molecule has 1 atom stereocenters. The van der Waals surface area contributed by atoms with Crippen LogP contribution in [0.4, 0.5) is 0 Å². The zero-order chi connectivity index (χ0) is 24.0. The number of carbonyl (C=O) groups is 2. The molecule has 5 rings (SSSR count). The minimum Gasteiger partial charge on any atom is -0.348 e. The van der Waals surface area contributed by atoms with Crippen molar-refractivity contribution in [3.05, 3.63) is 107 Å². The van der Waals surface area contributed by atoms with Crippen LogP contribution in [0.15, 0.2) is 78.9 Å². The van der Waals surface area contributed by atoms with Crippen molar-refractivity contribution in [1.82, 2.24) is 15.1 Å². The average molecular weight is 486 g/mol. The summed E-state index contributed by atoms with van der Waals surface area (Å²) in [5, 5.41) is 3.06. The Morgan fingerprint density at radius 1 is 0.857 bits per heavy atom. The predicted molar refractivity (Wildman–Crippen MR) is 141 cm³/mol. The highest BCUT2D eigenvalue weighted by Gasteiger charge is 2.32. The Bertz CT molecular complexity index is 1160. The first-order valence-electron chi connectivity index (χ1n) is 12.3. The number of nitrogens with zero attached hydrogens (tertiary/aromatic N) is 2. The molecule has 6 heteroatoms. The van der Waals surface area contributed by atoms with Gasteiger partial charge in [-0.3, -0.25) is 14.5 Å². The second-order valence-corrected chi connectivity index (χ2v) is 10.3. The monoisotopic (exact) mass is 485 g/mol. The number of rotatable bonds is 8. The molecule has 2 fully saturated rings. The van der Waals surface area contributed by atoms with Crippen LogP contribution in [0.2, 0.25) is 0 Å². The molecule has 2 aliphatic heterocycles.